The monoisotopic (exact) mass is 1320 g/mol. The maximum Gasteiger partial charge on any atom is 0.187 e. The number of rotatable bonds is 35. The zero-order valence-corrected chi connectivity index (χ0v) is 54.6. The van der Waals surface area contributed by atoms with E-state index in [1.807, 2.05) is 84.6 Å². The summed E-state index contributed by atoms with van der Waals surface area (Å²) < 4.78 is 90.3. The SMILES string of the molecule is CO[C@H]1O[C@@H](CO[C@H]2O[C@@H](COCC(O)C[N+](C)(C)C)[C@H](O)C(O)C2O)[C@@H](O[C@@H]2OC(COCC(O)C[N+](C)(C)C)[C@@H](O[C@@H]3O[C@@H](COCC(O)C[N+](C)(C)C)[C@@H](O[C@@H]4OC(COCC(O)C[N+](C)(C)C)[C@@H](OC)[C@@H](O)C4O)C(O)C3O)[C@@H](O)C2O)C(O)C1O. The normalized spacial score (nSPS) is 39.9. The van der Waals surface area contributed by atoms with Gasteiger partial charge in [0.25, 0.3) is 0 Å². The van der Waals surface area contributed by atoms with E-state index in [1.54, 1.807) is 0 Å². The van der Waals surface area contributed by atoms with E-state index in [0.717, 1.165) is 0 Å². The number of aliphatic hydroxyl groups is 15. The first-order valence-corrected chi connectivity index (χ1v) is 30.4. The summed E-state index contributed by atoms with van der Waals surface area (Å²) in [5.41, 5.74) is 0. The fourth-order valence-corrected chi connectivity index (χ4v) is 11.4. The molecule has 0 spiro atoms. The van der Waals surface area contributed by atoms with Crippen molar-refractivity contribution in [2.75, 3.05) is 184 Å². The quantitative estimate of drug-likeness (QED) is 0.0262. The van der Waals surface area contributed by atoms with Crippen LogP contribution in [0.25, 0.3) is 0 Å². The van der Waals surface area contributed by atoms with Crippen LogP contribution in [-0.4, -0.2) is 457 Å². The van der Waals surface area contributed by atoms with Crippen LogP contribution in [0, 0.1) is 0 Å². The predicted molar refractivity (Wildman–Crippen MR) is 307 cm³/mol. The summed E-state index contributed by atoms with van der Waals surface area (Å²) in [6.45, 7) is -2.08. The number of methoxy groups -OCH3 is 2. The molecule has 532 valence electrons. The van der Waals surface area contributed by atoms with Crippen LogP contribution in [0.5, 0.6) is 0 Å². The zero-order chi connectivity index (χ0) is 67.5. The van der Waals surface area contributed by atoms with E-state index >= 15 is 0 Å². The molecule has 0 aromatic rings. The maximum atomic E-state index is 12.1. The number of aliphatic hydroxyl groups excluding tert-OH is 15. The van der Waals surface area contributed by atoms with Crippen LogP contribution in [0.2, 0.25) is 0 Å². The Morgan fingerprint density at radius 2 is 0.544 bits per heavy atom. The summed E-state index contributed by atoms with van der Waals surface area (Å²) in [7, 11) is 24.8. The number of ether oxygens (including phenoxy) is 15. The Balaban J connectivity index is 1.39. The molecule has 0 aliphatic carbocycles. The molecular weight excluding hydrogens is 1210 g/mol. The number of likely N-dealkylation sites (N-methyl/N-ethyl adjacent to an activating group) is 4. The molecule has 14 unspecified atom stereocenters. The van der Waals surface area contributed by atoms with E-state index in [0.29, 0.717) is 31.0 Å². The molecule has 5 heterocycles. The van der Waals surface area contributed by atoms with Gasteiger partial charge in [-0.3, -0.25) is 0 Å². The van der Waals surface area contributed by atoms with Crippen LogP contribution in [0.3, 0.4) is 0 Å². The third kappa shape index (κ3) is 23.7. The molecule has 0 aromatic carbocycles. The summed E-state index contributed by atoms with van der Waals surface area (Å²) >= 11 is 0. The fraction of sp³-hybridized carbons (Fsp3) is 1.00. The molecule has 15 N–H and O–H groups in total. The second-order valence-corrected chi connectivity index (χ2v) is 28.3. The van der Waals surface area contributed by atoms with Crippen molar-refractivity contribution in [3.05, 3.63) is 0 Å². The first-order chi connectivity index (χ1) is 41.7. The highest BCUT2D eigenvalue weighted by Gasteiger charge is 2.56. The van der Waals surface area contributed by atoms with Gasteiger partial charge in [-0.1, -0.05) is 0 Å². The van der Waals surface area contributed by atoms with E-state index in [9.17, 15) is 76.6 Å². The molecule has 29 atom stereocenters. The Morgan fingerprint density at radius 1 is 0.289 bits per heavy atom. The van der Waals surface area contributed by atoms with Gasteiger partial charge in [0, 0.05) is 14.2 Å². The standard InChI is InChI=1S/C56H112N4O30/c1-57(2,3)15-28(61)19-78-23-32-37(65)38(66)43(71)53(83-32)82-27-36-51(40(68)44(72)52(77-14)84-36)90-56-47(75)42(70)50(35(87-56)26-81-22-31(64)18-60(10,11)12)89-55-46(74)41(69)49(34(86-55)25-80-21-30(63)17-59(7,8)9)88-54-45(73)39(67)48(76-13)33(85-54)24-79-20-29(62)16-58(4,5)6/h28-56,61-75H,15-27H2,1-14H3/q+4/t28?,29?,30?,31?,32-,33?,34-,35?,36-,37-,38?,39-,40?,41?,42-,43?,44?,45?,46?,47?,48+,49+,50+,51+,52-,53-,54-,55-,56-/m0/s1. The van der Waals surface area contributed by atoms with Crippen molar-refractivity contribution in [2.45, 2.75) is 178 Å². The third-order valence-corrected chi connectivity index (χ3v) is 15.4. The van der Waals surface area contributed by atoms with Gasteiger partial charge >= 0.3 is 0 Å². The lowest BCUT2D eigenvalue weighted by molar-refractivity contribution is -0.873. The Morgan fingerprint density at radius 3 is 0.856 bits per heavy atom. The van der Waals surface area contributed by atoms with Crippen LogP contribution in [0.4, 0.5) is 0 Å². The minimum absolute atomic E-state index is 0.128. The van der Waals surface area contributed by atoms with Crippen LogP contribution in [-0.2, 0) is 71.1 Å². The van der Waals surface area contributed by atoms with Crippen molar-refractivity contribution < 1.29 is 166 Å². The Bertz CT molecular complexity index is 2040. The molecule has 5 saturated heterocycles. The van der Waals surface area contributed by atoms with Gasteiger partial charge in [-0.25, -0.2) is 0 Å². The fourth-order valence-electron chi connectivity index (χ4n) is 11.4. The van der Waals surface area contributed by atoms with Crippen LogP contribution >= 0.6 is 0 Å². The van der Waals surface area contributed by atoms with Gasteiger partial charge in [0.05, 0.1) is 144 Å². The molecule has 0 saturated carbocycles. The molecule has 5 aliphatic heterocycles. The third-order valence-electron chi connectivity index (χ3n) is 15.4. The molecule has 0 radical (unpaired) electrons. The summed E-state index contributed by atoms with van der Waals surface area (Å²) in [5, 5.41) is 169. The van der Waals surface area contributed by atoms with E-state index in [2.05, 4.69) is 0 Å². The molecule has 0 amide bonds. The van der Waals surface area contributed by atoms with E-state index < -0.39 is 198 Å². The molecular formula is C56H112N4O30+4. The van der Waals surface area contributed by atoms with Crippen molar-refractivity contribution in [3.63, 3.8) is 0 Å². The average molecular weight is 1320 g/mol. The number of quaternary nitrogens is 4. The molecule has 5 fully saturated rings. The van der Waals surface area contributed by atoms with Crippen molar-refractivity contribution in [1.29, 1.82) is 0 Å². The van der Waals surface area contributed by atoms with Crippen molar-refractivity contribution in [3.8, 4) is 0 Å². The zero-order valence-electron chi connectivity index (χ0n) is 54.6. The second kappa shape index (κ2) is 34.7. The minimum Gasteiger partial charge on any atom is -0.387 e. The molecule has 0 aromatic heterocycles. The van der Waals surface area contributed by atoms with Gasteiger partial charge in [-0.2, -0.15) is 0 Å². The molecule has 34 heteroatoms. The van der Waals surface area contributed by atoms with Gasteiger partial charge in [0.15, 0.2) is 31.5 Å². The highest BCUT2D eigenvalue weighted by Crippen LogP contribution is 2.36. The van der Waals surface area contributed by atoms with E-state index in [1.165, 1.54) is 14.2 Å². The van der Waals surface area contributed by atoms with Crippen LogP contribution in [0.15, 0.2) is 0 Å². The summed E-state index contributed by atoms with van der Waals surface area (Å²) in [6.07, 6.45) is -47.1. The van der Waals surface area contributed by atoms with Crippen molar-refractivity contribution in [1.82, 2.24) is 0 Å². The Labute approximate surface area is 526 Å². The number of hydrogen-bond acceptors (Lipinski definition) is 30. The number of nitrogens with zero attached hydrogens (tertiary/aromatic N) is 4. The van der Waals surface area contributed by atoms with E-state index in [-0.39, 0.29) is 52.7 Å². The first-order valence-electron chi connectivity index (χ1n) is 30.4. The molecule has 34 nitrogen and oxygen atoms in total. The smallest absolute Gasteiger partial charge is 0.187 e. The van der Waals surface area contributed by atoms with Gasteiger partial charge in [-0.05, 0) is 0 Å². The average Bonchev–Trinajstić information content (AvgIpc) is 0.812. The van der Waals surface area contributed by atoms with E-state index in [4.69, 9.17) is 71.1 Å². The lowest BCUT2D eigenvalue weighted by Crippen LogP contribution is -2.68. The molecule has 0 bridgehead atoms. The van der Waals surface area contributed by atoms with Gasteiger partial charge < -0.3 is 166 Å². The second-order valence-electron chi connectivity index (χ2n) is 28.3. The van der Waals surface area contributed by atoms with Gasteiger partial charge in [0.2, 0.25) is 0 Å². The van der Waals surface area contributed by atoms with Gasteiger partial charge in [-0.15, -0.1) is 0 Å². The topological polar surface area (TPSA) is 442 Å². The van der Waals surface area contributed by atoms with Crippen LogP contribution in [0.1, 0.15) is 0 Å². The van der Waals surface area contributed by atoms with Crippen molar-refractivity contribution >= 4 is 0 Å². The maximum absolute atomic E-state index is 12.1. The highest BCUT2D eigenvalue weighted by atomic mass is 16.8. The Hall–Kier alpha value is -1.36. The number of hydrogen-bond donors (Lipinski definition) is 15. The summed E-state index contributed by atoms with van der Waals surface area (Å²) in [4.78, 5) is 0. The largest absolute Gasteiger partial charge is 0.387 e. The minimum atomic E-state index is -2.14. The van der Waals surface area contributed by atoms with Crippen molar-refractivity contribution in [2.24, 2.45) is 0 Å². The van der Waals surface area contributed by atoms with Crippen LogP contribution < -0.4 is 0 Å². The molecule has 90 heavy (non-hydrogen) atoms. The first kappa shape index (κ1) is 79.3. The molecule has 5 aliphatic rings. The predicted octanol–water partition coefficient (Wildman–Crippen LogP) is -10.3. The highest BCUT2D eigenvalue weighted by molar-refractivity contribution is 4.99. The summed E-state index contributed by atoms with van der Waals surface area (Å²) in [5.74, 6) is 0. The lowest BCUT2D eigenvalue weighted by atomic mass is 9.95. The summed E-state index contributed by atoms with van der Waals surface area (Å²) in [6, 6.07) is 0. The lowest BCUT2D eigenvalue weighted by Gasteiger charge is -2.49. The van der Waals surface area contributed by atoms with Gasteiger partial charge in [0.1, 0.15) is 173 Å². The molecule has 5 rings (SSSR count). The Kier molecular flexibility index (Phi) is 30.6.